The zero-order chi connectivity index (χ0) is 13.6. The molecule has 1 fully saturated rings. The molecule has 0 saturated heterocycles. The zero-order valence-corrected chi connectivity index (χ0v) is 12.2. The van der Waals surface area contributed by atoms with E-state index in [1.54, 1.807) is 13.8 Å². The average Bonchev–Trinajstić information content (AvgIpc) is 2.71. The molecule has 0 radical (unpaired) electrons. The van der Waals surface area contributed by atoms with Crippen LogP contribution in [-0.4, -0.2) is 24.7 Å². The molecule has 0 spiro atoms. The Balaban J connectivity index is 2.29. The fourth-order valence-corrected chi connectivity index (χ4v) is 4.54. The summed E-state index contributed by atoms with van der Waals surface area (Å²) in [6, 6.07) is 0.0104. The van der Waals surface area contributed by atoms with Crippen molar-refractivity contribution in [3.05, 3.63) is 11.4 Å². The summed E-state index contributed by atoms with van der Waals surface area (Å²) in [6.07, 6.45) is 3.04. The van der Waals surface area contributed by atoms with Crippen LogP contribution in [0.25, 0.3) is 0 Å². The molecular weight excluding hydrogens is 250 g/mol. The van der Waals surface area contributed by atoms with Crippen LogP contribution in [0.3, 0.4) is 0 Å². The van der Waals surface area contributed by atoms with Crippen LogP contribution in [-0.2, 0) is 10.0 Å². The highest BCUT2D eigenvalue weighted by Crippen LogP contribution is 2.38. The molecule has 0 aromatic carbocycles. The normalized spacial score (nSPS) is 23.4. The van der Waals surface area contributed by atoms with Crippen LogP contribution in [0.4, 0.5) is 0 Å². The summed E-state index contributed by atoms with van der Waals surface area (Å²) < 4.78 is 27.7. The summed E-state index contributed by atoms with van der Waals surface area (Å²) in [7, 11) is -3.48. The maximum Gasteiger partial charge on any atom is 0.244 e. The third-order valence-electron chi connectivity index (χ3n) is 3.88. The molecule has 0 bridgehead atoms. The van der Waals surface area contributed by atoms with Gasteiger partial charge >= 0.3 is 0 Å². The molecule has 2 rings (SSSR count). The first-order valence-electron chi connectivity index (χ1n) is 6.28. The van der Waals surface area contributed by atoms with E-state index in [1.807, 2.05) is 0 Å². The second kappa shape index (κ2) is 4.35. The number of aromatic amines is 1. The van der Waals surface area contributed by atoms with E-state index >= 15 is 0 Å². The van der Waals surface area contributed by atoms with Crippen molar-refractivity contribution in [2.24, 2.45) is 5.41 Å². The van der Waals surface area contributed by atoms with Crippen LogP contribution >= 0.6 is 0 Å². The molecule has 1 saturated carbocycles. The van der Waals surface area contributed by atoms with Crippen molar-refractivity contribution in [3.8, 4) is 0 Å². The monoisotopic (exact) mass is 271 g/mol. The quantitative estimate of drug-likeness (QED) is 0.881. The van der Waals surface area contributed by atoms with Gasteiger partial charge in [-0.25, -0.2) is 13.1 Å². The van der Waals surface area contributed by atoms with Crippen LogP contribution < -0.4 is 4.72 Å². The molecular formula is C12H21N3O2S. The minimum Gasteiger partial charge on any atom is -0.281 e. The second-order valence-corrected chi connectivity index (χ2v) is 7.47. The Hall–Kier alpha value is -0.880. The molecule has 6 heteroatoms. The Labute approximate surface area is 108 Å². The van der Waals surface area contributed by atoms with Gasteiger partial charge in [0.15, 0.2) is 0 Å². The highest BCUT2D eigenvalue weighted by molar-refractivity contribution is 7.89. The maximum absolute atomic E-state index is 12.4. The number of hydrogen-bond donors (Lipinski definition) is 2. The van der Waals surface area contributed by atoms with Gasteiger partial charge in [0.1, 0.15) is 4.90 Å². The van der Waals surface area contributed by atoms with E-state index in [9.17, 15) is 8.42 Å². The molecule has 1 aromatic heterocycles. The molecule has 0 amide bonds. The Kier molecular flexibility index (Phi) is 3.27. The lowest BCUT2D eigenvalue weighted by Gasteiger charge is -2.27. The van der Waals surface area contributed by atoms with Gasteiger partial charge in [0.2, 0.25) is 10.0 Å². The number of rotatable bonds is 3. The topological polar surface area (TPSA) is 74.8 Å². The Morgan fingerprint density at radius 1 is 1.39 bits per heavy atom. The molecule has 5 nitrogen and oxygen atoms in total. The zero-order valence-electron chi connectivity index (χ0n) is 11.4. The molecule has 1 heterocycles. The first kappa shape index (κ1) is 13.5. The van der Waals surface area contributed by atoms with Gasteiger partial charge in [-0.3, -0.25) is 5.10 Å². The second-order valence-electron chi connectivity index (χ2n) is 5.82. The van der Waals surface area contributed by atoms with Gasteiger partial charge in [-0.2, -0.15) is 5.10 Å². The summed E-state index contributed by atoms with van der Waals surface area (Å²) >= 11 is 0. The standard InChI is InChI=1S/C12H21N3O2S/c1-8-11(9(2)14-13-8)18(16,17)15-10-6-5-7-12(10,3)4/h10,15H,5-7H2,1-4H3,(H,13,14). The number of H-pyrrole nitrogens is 1. The van der Waals surface area contributed by atoms with Gasteiger partial charge in [-0.05, 0) is 32.1 Å². The van der Waals surface area contributed by atoms with E-state index in [-0.39, 0.29) is 11.5 Å². The lowest BCUT2D eigenvalue weighted by atomic mass is 9.88. The van der Waals surface area contributed by atoms with Gasteiger partial charge in [0, 0.05) is 6.04 Å². The fraction of sp³-hybridized carbons (Fsp3) is 0.750. The number of nitrogens with zero attached hydrogens (tertiary/aromatic N) is 1. The van der Waals surface area contributed by atoms with Crippen molar-refractivity contribution in [1.29, 1.82) is 0 Å². The van der Waals surface area contributed by atoms with Crippen molar-refractivity contribution < 1.29 is 8.42 Å². The van der Waals surface area contributed by atoms with E-state index in [1.165, 1.54) is 0 Å². The molecule has 1 aromatic rings. The molecule has 1 unspecified atom stereocenters. The average molecular weight is 271 g/mol. The minimum absolute atomic E-state index is 0.0104. The van der Waals surface area contributed by atoms with Crippen molar-refractivity contribution in [2.45, 2.75) is 57.9 Å². The van der Waals surface area contributed by atoms with Gasteiger partial charge in [-0.15, -0.1) is 0 Å². The first-order chi connectivity index (χ1) is 8.24. The number of aromatic nitrogens is 2. The fourth-order valence-electron chi connectivity index (χ4n) is 2.73. The molecule has 2 N–H and O–H groups in total. The predicted molar refractivity (Wildman–Crippen MR) is 69.8 cm³/mol. The lowest BCUT2D eigenvalue weighted by molar-refractivity contribution is 0.313. The van der Waals surface area contributed by atoms with Crippen molar-refractivity contribution in [2.75, 3.05) is 0 Å². The van der Waals surface area contributed by atoms with Gasteiger partial charge in [0.25, 0.3) is 0 Å². The van der Waals surface area contributed by atoms with E-state index in [2.05, 4.69) is 28.8 Å². The molecule has 1 atom stereocenters. The van der Waals surface area contributed by atoms with Gasteiger partial charge in [0.05, 0.1) is 11.4 Å². The maximum atomic E-state index is 12.4. The van der Waals surface area contributed by atoms with Crippen LogP contribution in [0.15, 0.2) is 4.90 Å². The molecule has 1 aliphatic rings. The van der Waals surface area contributed by atoms with E-state index in [0.29, 0.717) is 16.3 Å². The van der Waals surface area contributed by atoms with E-state index < -0.39 is 10.0 Å². The summed E-state index contributed by atoms with van der Waals surface area (Å²) in [4.78, 5) is 0.296. The molecule has 18 heavy (non-hydrogen) atoms. The van der Waals surface area contributed by atoms with Crippen LogP contribution in [0.1, 0.15) is 44.5 Å². The summed E-state index contributed by atoms with van der Waals surface area (Å²) in [5.74, 6) is 0. The highest BCUT2D eigenvalue weighted by atomic mass is 32.2. The third kappa shape index (κ3) is 2.31. The minimum atomic E-state index is -3.48. The smallest absolute Gasteiger partial charge is 0.244 e. The Morgan fingerprint density at radius 3 is 2.50 bits per heavy atom. The third-order valence-corrected chi connectivity index (χ3v) is 5.62. The van der Waals surface area contributed by atoms with Crippen LogP contribution in [0.5, 0.6) is 0 Å². The van der Waals surface area contributed by atoms with Crippen LogP contribution in [0, 0.1) is 19.3 Å². The predicted octanol–water partition coefficient (Wildman–Crippen LogP) is 1.88. The number of hydrogen-bond acceptors (Lipinski definition) is 3. The van der Waals surface area contributed by atoms with Crippen LogP contribution in [0.2, 0.25) is 0 Å². The summed E-state index contributed by atoms with van der Waals surface area (Å²) in [5.41, 5.74) is 1.14. The van der Waals surface area contributed by atoms with E-state index in [4.69, 9.17) is 0 Å². The van der Waals surface area contributed by atoms with E-state index in [0.717, 1.165) is 19.3 Å². The summed E-state index contributed by atoms with van der Waals surface area (Å²) in [5, 5.41) is 6.67. The largest absolute Gasteiger partial charge is 0.281 e. The van der Waals surface area contributed by atoms with Crippen molar-refractivity contribution in [1.82, 2.24) is 14.9 Å². The Morgan fingerprint density at radius 2 is 2.06 bits per heavy atom. The molecule has 1 aliphatic carbocycles. The first-order valence-corrected chi connectivity index (χ1v) is 7.76. The number of aryl methyl sites for hydroxylation is 2. The summed E-state index contributed by atoms with van der Waals surface area (Å²) in [6.45, 7) is 7.66. The molecule has 0 aliphatic heterocycles. The number of sulfonamides is 1. The highest BCUT2D eigenvalue weighted by Gasteiger charge is 2.38. The van der Waals surface area contributed by atoms with Crippen molar-refractivity contribution in [3.63, 3.8) is 0 Å². The van der Waals surface area contributed by atoms with Crippen molar-refractivity contribution >= 4 is 10.0 Å². The molecule has 102 valence electrons. The Bertz CT molecular complexity index is 526. The van der Waals surface area contributed by atoms with Gasteiger partial charge in [-0.1, -0.05) is 20.3 Å². The van der Waals surface area contributed by atoms with Gasteiger partial charge < -0.3 is 0 Å². The SMILES string of the molecule is Cc1n[nH]c(C)c1S(=O)(=O)NC1CCCC1(C)C. The number of nitrogens with one attached hydrogen (secondary N) is 2. The lowest BCUT2D eigenvalue weighted by Crippen LogP contribution is -2.41.